The molecule has 5 rings (SSSR count). The lowest BCUT2D eigenvalue weighted by molar-refractivity contribution is -0.153. The third-order valence-electron chi connectivity index (χ3n) is 5.84. The van der Waals surface area contributed by atoms with Gasteiger partial charge in [0.25, 0.3) is 5.24 Å². The topological polar surface area (TPSA) is 102 Å². The van der Waals surface area contributed by atoms with Crippen LogP contribution in [-0.2, 0) is 14.3 Å². The number of rotatable bonds is 6. The van der Waals surface area contributed by atoms with Crippen LogP contribution < -0.4 is 11.1 Å². The highest BCUT2D eigenvalue weighted by Crippen LogP contribution is 2.40. The Kier molecular flexibility index (Phi) is 7.13. The average molecular weight is 518 g/mol. The molecule has 0 spiro atoms. The summed E-state index contributed by atoms with van der Waals surface area (Å²) in [4.78, 5) is 41.3. The number of ether oxygens (including phenoxy) is 1. The fourth-order valence-corrected chi connectivity index (χ4v) is 6.00. The van der Waals surface area contributed by atoms with Gasteiger partial charge in [-0.1, -0.05) is 78.9 Å². The Labute approximate surface area is 217 Å². The van der Waals surface area contributed by atoms with Gasteiger partial charge in [0, 0.05) is 10.6 Å². The molecule has 1 fully saturated rings. The van der Waals surface area contributed by atoms with Crippen molar-refractivity contribution in [1.82, 2.24) is 10.2 Å². The van der Waals surface area contributed by atoms with E-state index < -0.39 is 18.1 Å². The highest BCUT2D eigenvalue weighted by Gasteiger charge is 2.52. The molecule has 0 radical (unpaired) electrons. The van der Waals surface area contributed by atoms with E-state index in [0.29, 0.717) is 11.4 Å². The van der Waals surface area contributed by atoms with E-state index in [1.54, 1.807) is 0 Å². The summed E-state index contributed by atoms with van der Waals surface area (Å²) in [6.45, 7) is 0. The molecule has 2 amide bonds. The highest BCUT2D eigenvalue weighted by atomic mass is 32.2. The SMILES string of the molecule is NC1C(=O)N2C(C(=O)OC(c3ccccc3)c3ccccc3)=C(NC(=O)Sc3ccccc3)CS[C@@H]12. The first-order valence-electron chi connectivity index (χ1n) is 11.3. The molecule has 3 aromatic carbocycles. The standard InChI is InChI=1S/C27H23N3O4S2/c28-21-24(31)30-22(20(16-35-25(21)30)29-27(33)36-19-14-8-3-9-15-19)26(32)34-23(17-10-4-1-5-11-17)18-12-6-2-7-13-18/h1-15,21,23,25H,16,28H2,(H,29,33)/t21?,25-/m0/s1. The zero-order valence-electron chi connectivity index (χ0n) is 19.1. The van der Waals surface area contributed by atoms with E-state index in [1.807, 2.05) is 91.0 Å². The summed E-state index contributed by atoms with van der Waals surface area (Å²) in [5.41, 5.74) is 7.93. The number of nitrogens with one attached hydrogen (secondary N) is 1. The van der Waals surface area contributed by atoms with Crippen LogP contribution in [0.25, 0.3) is 0 Å². The van der Waals surface area contributed by atoms with E-state index in [1.165, 1.54) is 16.7 Å². The highest BCUT2D eigenvalue weighted by molar-refractivity contribution is 8.13. The maximum Gasteiger partial charge on any atom is 0.357 e. The molecule has 36 heavy (non-hydrogen) atoms. The number of benzene rings is 3. The largest absolute Gasteiger partial charge is 0.448 e. The number of hydrogen-bond acceptors (Lipinski definition) is 7. The molecule has 2 aliphatic rings. The molecule has 7 nitrogen and oxygen atoms in total. The summed E-state index contributed by atoms with van der Waals surface area (Å²) >= 11 is 2.41. The van der Waals surface area contributed by atoms with Gasteiger partial charge in [-0.05, 0) is 35.0 Å². The fourth-order valence-electron chi connectivity index (χ4n) is 4.09. The van der Waals surface area contributed by atoms with Crippen molar-refractivity contribution in [2.75, 3.05) is 5.75 Å². The van der Waals surface area contributed by atoms with E-state index in [9.17, 15) is 14.4 Å². The van der Waals surface area contributed by atoms with Crippen LogP contribution in [0.4, 0.5) is 4.79 Å². The van der Waals surface area contributed by atoms with Gasteiger partial charge in [0.05, 0.1) is 5.70 Å². The lowest BCUT2D eigenvalue weighted by Crippen LogP contribution is -2.69. The molecule has 2 heterocycles. The van der Waals surface area contributed by atoms with Crippen molar-refractivity contribution in [3.05, 3.63) is 114 Å². The van der Waals surface area contributed by atoms with Crippen molar-refractivity contribution in [3.63, 3.8) is 0 Å². The summed E-state index contributed by atoms with van der Waals surface area (Å²) < 4.78 is 6.03. The summed E-state index contributed by atoms with van der Waals surface area (Å²) in [5.74, 6) is -0.759. The smallest absolute Gasteiger partial charge is 0.357 e. The number of fused-ring (bicyclic) bond motifs is 1. The van der Waals surface area contributed by atoms with Gasteiger partial charge in [-0.2, -0.15) is 0 Å². The zero-order chi connectivity index (χ0) is 25.1. The summed E-state index contributed by atoms with van der Waals surface area (Å²) in [6, 6.07) is 27.3. The molecule has 0 bridgehead atoms. The molecule has 1 unspecified atom stereocenters. The van der Waals surface area contributed by atoms with Gasteiger partial charge in [0.2, 0.25) is 5.91 Å². The third-order valence-corrected chi connectivity index (χ3v) is 7.94. The Morgan fingerprint density at radius 3 is 2.08 bits per heavy atom. The second-order valence-corrected chi connectivity index (χ2v) is 10.3. The number of esters is 1. The van der Waals surface area contributed by atoms with Crippen molar-refractivity contribution in [2.24, 2.45) is 5.73 Å². The Morgan fingerprint density at radius 1 is 0.944 bits per heavy atom. The van der Waals surface area contributed by atoms with Gasteiger partial charge in [-0.3, -0.25) is 14.5 Å². The summed E-state index contributed by atoms with van der Waals surface area (Å²) in [5, 5.41) is 2.08. The zero-order valence-corrected chi connectivity index (χ0v) is 20.7. The Bertz CT molecular complexity index is 1260. The molecular formula is C27H23N3O4S2. The molecule has 2 atom stereocenters. The van der Waals surface area contributed by atoms with Crippen LogP contribution >= 0.6 is 23.5 Å². The van der Waals surface area contributed by atoms with Crippen LogP contribution in [0, 0.1) is 0 Å². The van der Waals surface area contributed by atoms with Gasteiger partial charge >= 0.3 is 5.97 Å². The molecule has 182 valence electrons. The molecule has 3 N–H and O–H groups in total. The molecule has 9 heteroatoms. The first-order chi connectivity index (χ1) is 17.5. The van der Waals surface area contributed by atoms with Crippen LogP contribution in [0.3, 0.4) is 0 Å². The Balaban J connectivity index is 1.46. The molecule has 2 aliphatic heterocycles. The fraction of sp³-hybridized carbons (Fsp3) is 0.148. The first kappa shape index (κ1) is 24.2. The van der Waals surface area contributed by atoms with Crippen molar-refractivity contribution >= 4 is 40.6 Å². The Morgan fingerprint density at radius 2 is 1.50 bits per heavy atom. The molecule has 0 saturated carbocycles. The minimum atomic E-state index is -0.701. The monoisotopic (exact) mass is 517 g/mol. The third kappa shape index (κ3) is 4.90. The number of nitrogens with zero attached hydrogens (tertiary/aromatic N) is 1. The number of hydrogen-bond donors (Lipinski definition) is 2. The molecule has 0 aliphatic carbocycles. The molecule has 1 saturated heterocycles. The van der Waals surface area contributed by atoms with Gasteiger partial charge in [-0.25, -0.2) is 4.79 Å². The minimum Gasteiger partial charge on any atom is -0.448 e. The van der Waals surface area contributed by atoms with Crippen LogP contribution in [0.2, 0.25) is 0 Å². The predicted octanol–water partition coefficient (Wildman–Crippen LogP) is 4.28. The number of nitrogens with two attached hydrogens (primary N) is 1. The number of carbonyl (C=O) groups is 3. The molecule has 0 aromatic heterocycles. The van der Waals surface area contributed by atoms with Crippen molar-refractivity contribution < 1.29 is 19.1 Å². The number of amides is 2. The van der Waals surface area contributed by atoms with Crippen molar-refractivity contribution in [3.8, 4) is 0 Å². The quantitative estimate of drug-likeness (QED) is 0.286. The van der Waals surface area contributed by atoms with Crippen LogP contribution in [0.15, 0.2) is 107 Å². The van der Waals surface area contributed by atoms with Crippen LogP contribution in [0.1, 0.15) is 17.2 Å². The van der Waals surface area contributed by atoms with Gasteiger partial charge in [-0.15, -0.1) is 11.8 Å². The van der Waals surface area contributed by atoms with Crippen molar-refractivity contribution in [1.29, 1.82) is 0 Å². The van der Waals surface area contributed by atoms with Crippen LogP contribution in [0.5, 0.6) is 0 Å². The second-order valence-electron chi connectivity index (χ2n) is 8.20. The van der Waals surface area contributed by atoms with Gasteiger partial charge in [0.1, 0.15) is 11.4 Å². The van der Waals surface area contributed by atoms with E-state index in [4.69, 9.17) is 10.5 Å². The van der Waals surface area contributed by atoms with E-state index in [0.717, 1.165) is 27.8 Å². The van der Waals surface area contributed by atoms with Gasteiger partial charge in [0.15, 0.2) is 11.8 Å². The number of thioether (sulfide) groups is 2. The maximum absolute atomic E-state index is 13.7. The average Bonchev–Trinajstić information content (AvgIpc) is 2.92. The molecule has 3 aromatic rings. The maximum atomic E-state index is 13.7. The van der Waals surface area contributed by atoms with Gasteiger partial charge < -0.3 is 15.8 Å². The van der Waals surface area contributed by atoms with Crippen molar-refractivity contribution in [2.45, 2.75) is 22.4 Å². The minimum absolute atomic E-state index is 0.0318. The summed E-state index contributed by atoms with van der Waals surface area (Å²) in [7, 11) is 0. The van der Waals surface area contributed by atoms with E-state index >= 15 is 0 Å². The Hall–Kier alpha value is -3.53. The number of carbonyl (C=O) groups excluding carboxylic acids is 3. The lowest BCUT2D eigenvalue weighted by atomic mass is 10.0. The normalized spacial score (nSPS) is 18.9. The van der Waals surface area contributed by atoms with E-state index in [-0.39, 0.29) is 22.2 Å². The van der Waals surface area contributed by atoms with Crippen LogP contribution in [-0.4, -0.2) is 39.2 Å². The molecular weight excluding hydrogens is 494 g/mol. The second kappa shape index (κ2) is 10.6. The predicted molar refractivity (Wildman–Crippen MR) is 140 cm³/mol. The number of β-lactam (4-membered cyclic amide) rings is 1. The summed E-state index contributed by atoms with van der Waals surface area (Å²) in [6.07, 6.45) is -0.693. The lowest BCUT2D eigenvalue weighted by Gasteiger charge is -2.48. The first-order valence-corrected chi connectivity index (χ1v) is 13.2. The van der Waals surface area contributed by atoms with E-state index in [2.05, 4.69) is 5.32 Å².